The Morgan fingerprint density at radius 1 is 1.35 bits per heavy atom. The lowest BCUT2D eigenvalue weighted by molar-refractivity contribution is -0.136. The molecule has 0 aliphatic rings. The number of likely N-dealkylation sites (N-methyl/N-ethyl adjacent to an activating group) is 1. The zero-order valence-electron chi connectivity index (χ0n) is 10.8. The van der Waals surface area contributed by atoms with Crippen LogP contribution < -0.4 is 0 Å². The second kappa shape index (κ2) is 8.39. The van der Waals surface area contributed by atoms with Gasteiger partial charge in [-0.3, -0.25) is 4.79 Å². The number of allylic oxidation sites excluding steroid dienone is 5. The van der Waals surface area contributed by atoms with Gasteiger partial charge in [0.1, 0.15) is 0 Å². The summed E-state index contributed by atoms with van der Waals surface area (Å²) in [6.45, 7) is 7.79. The summed E-state index contributed by atoms with van der Waals surface area (Å²) >= 11 is 0. The molecule has 0 radical (unpaired) electrons. The lowest BCUT2D eigenvalue weighted by atomic mass is 10.2. The Morgan fingerprint density at radius 2 is 2.00 bits per heavy atom. The van der Waals surface area contributed by atoms with E-state index in [1.54, 1.807) is 0 Å². The largest absolute Gasteiger partial charge is 0.481 e. The van der Waals surface area contributed by atoms with Crippen LogP contribution >= 0.6 is 0 Å². The van der Waals surface area contributed by atoms with E-state index in [1.807, 2.05) is 56.3 Å². The third-order valence-electron chi connectivity index (χ3n) is 2.19. The van der Waals surface area contributed by atoms with Crippen molar-refractivity contribution < 1.29 is 9.90 Å². The van der Waals surface area contributed by atoms with Gasteiger partial charge in [0.15, 0.2) is 0 Å². The Morgan fingerprint density at radius 3 is 2.53 bits per heavy atom. The average Bonchev–Trinajstić information content (AvgIpc) is 2.26. The molecule has 0 aromatic heterocycles. The van der Waals surface area contributed by atoms with E-state index in [9.17, 15) is 4.79 Å². The van der Waals surface area contributed by atoms with Crippen molar-refractivity contribution in [2.75, 3.05) is 7.05 Å². The zero-order valence-corrected chi connectivity index (χ0v) is 10.8. The number of hydrogen-bond donors (Lipinski definition) is 1. The van der Waals surface area contributed by atoms with Gasteiger partial charge >= 0.3 is 5.97 Å². The van der Waals surface area contributed by atoms with E-state index in [1.165, 1.54) is 0 Å². The number of rotatable bonds is 7. The molecule has 1 N–H and O–H groups in total. The molecule has 0 unspecified atom stereocenters. The van der Waals surface area contributed by atoms with Crippen LogP contribution in [0.1, 0.15) is 26.7 Å². The molecule has 0 heterocycles. The molecule has 94 valence electrons. The molecule has 0 fully saturated rings. The molecule has 0 aromatic rings. The first-order valence-corrected chi connectivity index (χ1v) is 5.57. The van der Waals surface area contributed by atoms with Gasteiger partial charge in [-0.2, -0.15) is 0 Å². The molecule has 0 spiro atoms. The van der Waals surface area contributed by atoms with Crippen molar-refractivity contribution in [3.63, 3.8) is 0 Å². The normalized spacial score (nSPS) is 12.3. The van der Waals surface area contributed by atoms with Gasteiger partial charge in [0.2, 0.25) is 0 Å². The summed E-state index contributed by atoms with van der Waals surface area (Å²) in [6.07, 6.45) is 10.3. The summed E-state index contributed by atoms with van der Waals surface area (Å²) in [7, 11) is 1.90. The lowest BCUT2D eigenvalue weighted by Gasteiger charge is -2.15. The first-order chi connectivity index (χ1) is 7.97. The van der Waals surface area contributed by atoms with E-state index in [0.717, 1.165) is 11.3 Å². The Kier molecular flexibility index (Phi) is 7.52. The molecule has 3 heteroatoms. The molecular weight excluding hydrogens is 214 g/mol. The van der Waals surface area contributed by atoms with Gasteiger partial charge in [0.25, 0.3) is 0 Å². The molecule has 17 heavy (non-hydrogen) atoms. The highest BCUT2D eigenvalue weighted by Gasteiger charge is 2.00. The second-order valence-corrected chi connectivity index (χ2v) is 3.86. The summed E-state index contributed by atoms with van der Waals surface area (Å²) in [6, 6.07) is 0. The van der Waals surface area contributed by atoms with Crippen molar-refractivity contribution in [3.05, 3.63) is 48.4 Å². The summed E-state index contributed by atoms with van der Waals surface area (Å²) in [4.78, 5) is 12.3. The van der Waals surface area contributed by atoms with E-state index in [-0.39, 0.29) is 6.42 Å². The quantitative estimate of drug-likeness (QED) is 0.688. The lowest BCUT2D eigenvalue weighted by Crippen LogP contribution is -2.08. The van der Waals surface area contributed by atoms with Gasteiger partial charge < -0.3 is 10.0 Å². The monoisotopic (exact) mass is 235 g/mol. The Bertz CT molecular complexity index is 351. The van der Waals surface area contributed by atoms with Crippen molar-refractivity contribution in [3.8, 4) is 0 Å². The van der Waals surface area contributed by atoms with Crippen LogP contribution in [0.2, 0.25) is 0 Å². The van der Waals surface area contributed by atoms with Crippen LogP contribution in [0.15, 0.2) is 48.4 Å². The number of hydrogen-bond acceptors (Lipinski definition) is 2. The third kappa shape index (κ3) is 8.08. The smallest absolute Gasteiger partial charge is 0.303 e. The molecule has 0 aliphatic carbocycles. The Balaban J connectivity index is 4.30. The van der Waals surface area contributed by atoms with Crippen LogP contribution in [0.3, 0.4) is 0 Å². The van der Waals surface area contributed by atoms with Gasteiger partial charge in [-0.15, -0.1) is 0 Å². The first kappa shape index (κ1) is 15.2. The zero-order chi connectivity index (χ0) is 13.3. The van der Waals surface area contributed by atoms with Crippen molar-refractivity contribution in [2.24, 2.45) is 0 Å². The van der Waals surface area contributed by atoms with Crippen molar-refractivity contribution in [1.82, 2.24) is 4.90 Å². The number of aliphatic carboxylic acids is 1. The van der Waals surface area contributed by atoms with Gasteiger partial charge in [0, 0.05) is 25.4 Å². The molecule has 0 saturated carbocycles. The van der Waals surface area contributed by atoms with E-state index in [4.69, 9.17) is 5.11 Å². The van der Waals surface area contributed by atoms with Crippen molar-refractivity contribution in [2.45, 2.75) is 26.7 Å². The topological polar surface area (TPSA) is 40.5 Å². The molecule has 0 aliphatic heterocycles. The predicted molar refractivity (Wildman–Crippen MR) is 71.5 cm³/mol. The third-order valence-corrected chi connectivity index (χ3v) is 2.19. The SMILES string of the molecule is C=C(/C=C\C=C/C)N(C)/C=C(\C)CCC(=O)O. The van der Waals surface area contributed by atoms with Crippen molar-refractivity contribution >= 4 is 5.97 Å². The van der Waals surface area contributed by atoms with E-state index < -0.39 is 5.97 Å². The molecule has 0 aromatic carbocycles. The standard InChI is InChI=1S/C14H21NO2/c1-5-6-7-8-13(3)15(4)11-12(2)9-10-14(16)17/h5-8,11H,3,9-10H2,1-2,4H3,(H,16,17)/b6-5-,8-7-,12-11+. The second-order valence-electron chi connectivity index (χ2n) is 3.86. The minimum atomic E-state index is -0.771. The van der Waals surface area contributed by atoms with E-state index >= 15 is 0 Å². The van der Waals surface area contributed by atoms with E-state index in [2.05, 4.69) is 6.58 Å². The van der Waals surface area contributed by atoms with Crippen LogP contribution in [-0.4, -0.2) is 23.0 Å². The number of nitrogens with zero attached hydrogens (tertiary/aromatic N) is 1. The minimum Gasteiger partial charge on any atom is -0.481 e. The van der Waals surface area contributed by atoms with Crippen LogP contribution in [0.5, 0.6) is 0 Å². The Labute approximate surface area is 103 Å². The number of carboxylic acid groups (broad SMARTS) is 1. The minimum absolute atomic E-state index is 0.164. The van der Waals surface area contributed by atoms with Gasteiger partial charge in [0.05, 0.1) is 0 Å². The first-order valence-electron chi connectivity index (χ1n) is 5.57. The molecule has 0 amide bonds. The summed E-state index contributed by atoms with van der Waals surface area (Å²) in [5, 5.41) is 8.57. The predicted octanol–water partition coefficient (Wildman–Crippen LogP) is 3.33. The molecule has 0 bridgehead atoms. The van der Waals surface area contributed by atoms with Crippen molar-refractivity contribution in [1.29, 1.82) is 0 Å². The highest BCUT2D eigenvalue weighted by Crippen LogP contribution is 2.09. The molecule has 3 nitrogen and oxygen atoms in total. The van der Waals surface area contributed by atoms with Crippen LogP contribution in [-0.2, 0) is 4.79 Å². The highest BCUT2D eigenvalue weighted by molar-refractivity contribution is 5.66. The maximum Gasteiger partial charge on any atom is 0.303 e. The maximum atomic E-state index is 10.4. The fourth-order valence-electron chi connectivity index (χ4n) is 1.18. The highest BCUT2D eigenvalue weighted by atomic mass is 16.4. The van der Waals surface area contributed by atoms with Gasteiger partial charge in [-0.05, 0) is 26.3 Å². The molecule has 0 rings (SSSR count). The summed E-state index contributed by atoms with van der Waals surface area (Å²) in [5.41, 5.74) is 1.88. The summed E-state index contributed by atoms with van der Waals surface area (Å²) in [5.74, 6) is -0.771. The fraction of sp³-hybridized carbons (Fsp3) is 0.357. The molecule has 0 saturated heterocycles. The number of carbonyl (C=O) groups is 1. The van der Waals surface area contributed by atoms with Crippen LogP contribution in [0.25, 0.3) is 0 Å². The molecule has 0 atom stereocenters. The molecular formula is C14H21NO2. The fourth-order valence-corrected chi connectivity index (χ4v) is 1.18. The average molecular weight is 235 g/mol. The van der Waals surface area contributed by atoms with Crippen LogP contribution in [0, 0.1) is 0 Å². The van der Waals surface area contributed by atoms with Gasteiger partial charge in [-0.25, -0.2) is 0 Å². The Hall–Kier alpha value is -1.77. The van der Waals surface area contributed by atoms with E-state index in [0.29, 0.717) is 6.42 Å². The van der Waals surface area contributed by atoms with Crippen LogP contribution in [0.4, 0.5) is 0 Å². The van der Waals surface area contributed by atoms with Gasteiger partial charge in [-0.1, -0.05) is 30.4 Å². The maximum absolute atomic E-state index is 10.4. The summed E-state index contributed by atoms with van der Waals surface area (Å²) < 4.78 is 0. The number of carboxylic acids is 1.